The van der Waals surface area contributed by atoms with Crippen LogP contribution in [0.2, 0.25) is 0 Å². The minimum absolute atomic E-state index is 0.0490. The Hall–Kier alpha value is -2.19. The summed E-state index contributed by atoms with van der Waals surface area (Å²) < 4.78 is 47.3. The maximum Gasteiger partial charge on any atom is 0.422 e. The molecular weight excluding hydrogens is 413 g/mol. The molecule has 0 fully saturated rings. The summed E-state index contributed by atoms with van der Waals surface area (Å²) in [6.07, 6.45) is -3.27. The number of hydrogen-bond acceptors (Lipinski definition) is 4. The predicted molar refractivity (Wildman–Crippen MR) is 117 cm³/mol. The number of halogens is 3. The number of methoxy groups -OCH3 is 1. The maximum absolute atomic E-state index is 14.0. The summed E-state index contributed by atoms with van der Waals surface area (Å²) in [6.45, 7) is 4.36. The molecule has 2 aromatic rings. The third-order valence-electron chi connectivity index (χ3n) is 4.75. The van der Waals surface area contributed by atoms with Gasteiger partial charge in [0.25, 0.3) is 0 Å². The first-order chi connectivity index (χ1) is 14.1. The Morgan fingerprint density at radius 3 is 2.43 bits per heavy atom. The van der Waals surface area contributed by atoms with E-state index in [0.717, 1.165) is 23.9 Å². The number of aliphatic hydroxyl groups is 1. The minimum atomic E-state index is -4.87. The van der Waals surface area contributed by atoms with Gasteiger partial charge in [0, 0.05) is 36.7 Å². The molecule has 1 atom stereocenters. The van der Waals surface area contributed by atoms with E-state index in [2.05, 4.69) is 4.99 Å². The summed E-state index contributed by atoms with van der Waals surface area (Å²) in [7, 11) is 3.13. The highest BCUT2D eigenvalue weighted by Gasteiger charge is 2.56. The molecule has 0 radical (unpaired) electrons. The van der Waals surface area contributed by atoms with Crippen LogP contribution in [0, 0.1) is 6.92 Å². The van der Waals surface area contributed by atoms with Gasteiger partial charge in [-0.15, -0.1) is 0 Å². The zero-order valence-electron chi connectivity index (χ0n) is 17.5. The van der Waals surface area contributed by atoms with Gasteiger partial charge in [0.2, 0.25) is 0 Å². The van der Waals surface area contributed by atoms with Crippen molar-refractivity contribution in [1.29, 1.82) is 0 Å². The van der Waals surface area contributed by atoms with E-state index in [-0.39, 0.29) is 11.3 Å². The van der Waals surface area contributed by atoms with E-state index in [4.69, 9.17) is 4.74 Å². The molecule has 0 aliphatic rings. The zero-order chi connectivity index (χ0) is 22.4. The van der Waals surface area contributed by atoms with Gasteiger partial charge >= 0.3 is 6.18 Å². The quantitative estimate of drug-likeness (QED) is 0.425. The molecule has 0 bridgehead atoms. The van der Waals surface area contributed by atoms with Gasteiger partial charge in [0.15, 0.2) is 5.60 Å². The Morgan fingerprint density at radius 2 is 1.87 bits per heavy atom. The van der Waals surface area contributed by atoms with Gasteiger partial charge in [-0.25, -0.2) is 4.99 Å². The number of benzene rings is 2. The van der Waals surface area contributed by atoms with E-state index in [0.29, 0.717) is 17.0 Å². The second-order valence-corrected chi connectivity index (χ2v) is 7.98. The lowest BCUT2D eigenvalue weighted by Crippen LogP contribution is -2.45. The van der Waals surface area contributed by atoms with Crippen molar-refractivity contribution in [1.82, 2.24) is 4.90 Å². The molecule has 1 unspecified atom stereocenters. The third kappa shape index (κ3) is 5.70. The van der Waals surface area contributed by atoms with E-state index in [9.17, 15) is 18.3 Å². The minimum Gasteiger partial charge on any atom is -0.496 e. The van der Waals surface area contributed by atoms with Crippen LogP contribution >= 0.6 is 11.8 Å². The van der Waals surface area contributed by atoms with Gasteiger partial charge in [-0.1, -0.05) is 30.3 Å². The van der Waals surface area contributed by atoms with Gasteiger partial charge in [0.1, 0.15) is 5.75 Å². The number of thioether (sulfide) groups is 1. The van der Waals surface area contributed by atoms with Crippen molar-refractivity contribution in [2.45, 2.75) is 31.4 Å². The SMILES string of the molecule is CCN(C)/C=N\c1cc(OC)c(C(O)(CSCc2ccccc2)C(F)(F)F)cc1C. The van der Waals surface area contributed by atoms with Crippen molar-refractivity contribution < 1.29 is 23.0 Å². The molecule has 0 spiro atoms. The molecule has 0 amide bonds. The fraction of sp³-hybridized carbons (Fsp3) is 0.409. The van der Waals surface area contributed by atoms with Crippen LogP contribution in [0.4, 0.5) is 18.9 Å². The van der Waals surface area contributed by atoms with Crippen LogP contribution in [-0.4, -0.2) is 49.0 Å². The molecule has 2 aromatic carbocycles. The molecule has 0 heterocycles. The average molecular weight is 441 g/mol. The highest BCUT2D eigenvalue weighted by atomic mass is 32.2. The summed E-state index contributed by atoms with van der Waals surface area (Å²) >= 11 is 1.02. The van der Waals surface area contributed by atoms with Crippen molar-refractivity contribution in [2.75, 3.05) is 26.5 Å². The van der Waals surface area contributed by atoms with Crippen molar-refractivity contribution in [3.05, 3.63) is 59.2 Å². The van der Waals surface area contributed by atoms with E-state index >= 15 is 0 Å². The second-order valence-electron chi connectivity index (χ2n) is 6.99. The van der Waals surface area contributed by atoms with Crippen LogP contribution in [0.15, 0.2) is 47.5 Å². The number of rotatable bonds is 9. The molecule has 8 heteroatoms. The van der Waals surface area contributed by atoms with Crippen LogP contribution in [0.25, 0.3) is 0 Å². The fourth-order valence-corrected chi connectivity index (χ4v) is 3.90. The average Bonchev–Trinajstić information content (AvgIpc) is 2.72. The number of alkyl halides is 3. The Labute approximate surface area is 179 Å². The van der Waals surface area contributed by atoms with Gasteiger partial charge in [0.05, 0.1) is 19.1 Å². The predicted octanol–water partition coefficient (Wildman–Crippen LogP) is 5.30. The van der Waals surface area contributed by atoms with Crippen molar-refractivity contribution in [2.24, 2.45) is 4.99 Å². The standard InChI is InChI=1S/C22H27F3N2O2S/c1-5-27(3)15-26-19-12-20(29-4)18(11-16(19)2)21(28,22(23,24)25)14-30-13-17-9-7-6-8-10-17/h6-12,15,28H,5,13-14H2,1-4H3/b26-15-. The van der Waals surface area contributed by atoms with Gasteiger partial charge < -0.3 is 14.7 Å². The molecule has 0 aliphatic carbocycles. The number of aryl methyl sites for hydroxylation is 1. The molecule has 1 N–H and O–H groups in total. The van der Waals surface area contributed by atoms with Crippen molar-refractivity contribution in [3.63, 3.8) is 0 Å². The normalized spacial score (nSPS) is 14.0. The molecule has 2 rings (SSSR count). The molecule has 30 heavy (non-hydrogen) atoms. The molecule has 0 aliphatic heterocycles. The summed E-state index contributed by atoms with van der Waals surface area (Å²) in [5.41, 5.74) is -1.47. The first kappa shape index (κ1) is 24.1. The Bertz CT molecular complexity index is 859. The van der Waals surface area contributed by atoms with E-state index in [1.807, 2.05) is 49.2 Å². The third-order valence-corrected chi connectivity index (χ3v) is 5.91. The Balaban J connectivity index is 2.38. The molecule has 0 saturated carbocycles. The molecule has 0 saturated heterocycles. The summed E-state index contributed by atoms with van der Waals surface area (Å²) in [5, 5.41) is 10.8. The van der Waals surface area contributed by atoms with E-state index in [1.165, 1.54) is 19.2 Å². The van der Waals surface area contributed by atoms with Crippen LogP contribution in [0.3, 0.4) is 0 Å². The van der Waals surface area contributed by atoms with Crippen molar-refractivity contribution in [3.8, 4) is 5.75 Å². The van der Waals surface area contributed by atoms with Crippen LogP contribution in [-0.2, 0) is 11.4 Å². The first-order valence-corrected chi connectivity index (χ1v) is 10.6. The number of hydrogen-bond donors (Lipinski definition) is 1. The van der Waals surface area contributed by atoms with Crippen LogP contribution < -0.4 is 4.74 Å². The van der Waals surface area contributed by atoms with Crippen LogP contribution in [0.5, 0.6) is 5.75 Å². The Morgan fingerprint density at radius 1 is 1.20 bits per heavy atom. The highest BCUT2D eigenvalue weighted by molar-refractivity contribution is 7.98. The van der Waals surface area contributed by atoms with Gasteiger partial charge in [-0.2, -0.15) is 24.9 Å². The van der Waals surface area contributed by atoms with Gasteiger partial charge in [-0.05, 0) is 31.0 Å². The molecule has 164 valence electrons. The zero-order valence-corrected chi connectivity index (χ0v) is 18.3. The van der Waals surface area contributed by atoms with E-state index < -0.39 is 17.5 Å². The van der Waals surface area contributed by atoms with E-state index in [1.54, 1.807) is 13.3 Å². The smallest absolute Gasteiger partial charge is 0.422 e. The Kier molecular flexibility index (Phi) is 8.20. The lowest BCUT2D eigenvalue weighted by atomic mass is 9.92. The lowest BCUT2D eigenvalue weighted by Gasteiger charge is -2.32. The summed E-state index contributed by atoms with van der Waals surface area (Å²) in [6, 6.07) is 11.9. The maximum atomic E-state index is 14.0. The lowest BCUT2D eigenvalue weighted by molar-refractivity contribution is -0.256. The molecule has 4 nitrogen and oxygen atoms in total. The topological polar surface area (TPSA) is 45.1 Å². The van der Waals surface area contributed by atoms with Crippen LogP contribution in [0.1, 0.15) is 23.6 Å². The fourth-order valence-electron chi connectivity index (χ4n) is 2.75. The van der Waals surface area contributed by atoms with Crippen molar-refractivity contribution >= 4 is 23.8 Å². The molecular formula is C22H27F3N2O2S. The largest absolute Gasteiger partial charge is 0.496 e. The first-order valence-electron chi connectivity index (χ1n) is 9.46. The number of ether oxygens (including phenoxy) is 1. The second kappa shape index (κ2) is 10.2. The van der Waals surface area contributed by atoms with Gasteiger partial charge in [-0.3, -0.25) is 0 Å². The number of aliphatic imine (C=N–C) groups is 1. The highest BCUT2D eigenvalue weighted by Crippen LogP contribution is 2.46. The number of nitrogens with zero attached hydrogens (tertiary/aromatic N) is 2. The molecule has 0 aromatic heterocycles. The summed E-state index contributed by atoms with van der Waals surface area (Å²) in [4.78, 5) is 6.16. The monoisotopic (exact) mass is 440 g/mol. The summed E-state index contributed by atoms with van der Waals surface area (Å²) in [5.74, 6) is -0.249.